The molecule has 1 atom stereocenters. The number of ketones is 1. The lowest BCUT2D eigenvalue weighted by Gasteiger charge is -2.09. The van der Waals surface area contributed by atoms with Crippen molar-refractivity contribution in [2.24, 2.45) is 0 Å². The highest BCUT2D eigenvalue weighted by Crippen LogP contribution is 2.42. The highest BCUT2D eigenvalue weighted by atomic mass is 32.2. The molecule has 1 unspecified atom stereocenters. The molecule has 28 heavy (non-hydrogen) atoms. The highest BCUT2D eigenvalue weighted by molar-refractivity contribution is 8.19. The monoisotopic (exact) mass is 408 g/mol. The van der Waals surface area contributed by atoms with Crippen molar-refractivity contribution in [1.29, 1.82) is 5.41 Å². The molecule has 142 valence electrons. The third-order valence-corrected chi connectivity index (χ3v) is 6.92. The van der Waals surface area contributed by atoms with Gasteiger partial charge in [-0.15, -0.1) is 21.5 Å². The van der Waals surface area contributed by atoms with Gasteiger partial charge in [0.25, 0.3) is 0 Å². The van der Waals surface area contributed by atoms with Gasteiger partial charge in [-0.3, -0.25) is 10.2 Å². The minimum atomic E-state index is -0.605. The topological polar surface area (TPSA) is 71.6 Å². The summed E-state index contributed by atoms with van der Waals surface area (Å²) in [5.41, 5.74) is 4.27. The van der Waals surface area contributed by atoms with Crippen LogP contribution in [-0.4, -0.2) is 25.6 Å². The number of nitrogens with zero attached hydrogens (tertiary/aromatic N) is 3. The van der Waals surface area contributed by atoms with Crippen LogP contribution in [0.1, 0.15) is 39.8 Å². The molecule has 1 aliphatic heterocycles. The number of rotatable bonds is 4. The number of hydrogen-bond donors (Lipinski definition) is 1. The number of Topliss-reactive ketones (excluding diaryl/α,β-unsaturated/α-hetero) is 1. The Labute approximate surface area is 172 Å². The summed E-state index contributed by atoms with van der Waals surface area (Å²) < 4.78 is 2.18. The number of carbonyl (C=O) groups excluding carboxylic acids is 1. The molecule has 1 fully saturated rings. The van der Waals surface area contributed by atoms with Crippen LogP contribution in [0.2, 0.25) is 0 Å². The summed E-state index contributed by atoms with van der Waals surface area (Å²) in [5.74, 6) is -0.662. The van der Waals surface area contributed by atoms with Crippen LogP contribution in [0.25, 0.3) is 11.8 Å². The van der Waals surface area contributed by atoms with E-state index < -0.39 is 5.92 Å². The van der Waals surface area contributed by atoms with E-state index in [1.165, 1.54) is 23.1 Å². The Morgan fingerprint density at radius 3 is 2.64 bits per heavy atom. The second-order valence-corrected chi connectivity index (χ2v) is 8.83. The van der Waals surface area contributed by atoms with Gasteiger partial charge in [0.15, 0.2) is 5.78 Å². The van der Waals surface area contributed by atoms with Crippen molar-refractivity contribution < 1.29 is 4.79 Å². The molecule has 1 saturated heterocycles. The summed E-state index contributed by atoms with van der Waals surface area (Å²) in [5, 5.41) is 18.4. The maximum absolute atomic E-state index is 13.0. The second-order valence-electron chi connectivity index (χ2n) is 6.66. The number of hydrogen-bond acceptors (Lipinski definition) is 6. The van der Waals surface area contributed by atoms with Gasteiger partial charge < -0.3 is 4.57 Å². The maximum atomic E-state index is 13.0. The van der Waals surface area contributed by atoms with Gasteiger partial charge in [0.2, 0.25) is 0 Å². The number of nitrogens with one attached hydrogen (secondary N) is 1. The molecule has 0 spiro atoms. The Morgan fingerprint density at radius 2 is 1.96 bits per heavy atom. The largest absolute Gasteiger partial charge is 0.318 e. The number of thioether (sulfide) groups is 1. The van der Waals surface area contributed by atoms with E-state index in [1.54, 1.807) is 0 Å². The van der Waals surface area contributed by atoms with E-state index in [-0.39, 0.29) is 5.78 Å². The summed E-state index contributed by atoms with van der Waals surface area (Å²) in [6.45, 7) is 6.12. The number of benzene rings is 1. The van der Waals surface area contributed by atoms with Crippen LogP contribution in [-0.2, 0) is 11.2 Å². The number of carbonyl (C=O) groups is 1. The predicted octanol–water partition coefficient (Wildman–Crippen LogP) is 4.93. The third-order valence-electron chi connectivity index (χ3n) is 4.79. The van der Waals surface area contributed by atoms with Gasteiger partial charge in [-0.2, -0.15) is 0 Å². The van der Waals surface area contributed by atoms with Crippen molar-refractivity contribution in [3.8, 4) is 5.69 Å². The summed E-state index contributed by atoms with van der Waals surface area (Å²) in [4.78, 5) is 13.6. The van der Waals surface area contributed by atoms with Gasteiger partial charge in [-0.25, -0.2) is 0 Å². The quantitative estimate of drug-likeness (QED) is 0.622. The molecular weight excluding hydrogens is 388 g/mol. The van der Waals surface area contributed by atoms with E-state index in [2.05, 4.69) is 46.8 Å². The number of aromatic nitrogens is 3. The van der Waals surface area contributed by atoms with Crippen LogP contribution in [0.15, 0.2) is 41.3 Å². The van der Waals surface area contributed by atoms with Gasteiger partial charge in [0.1, 0.15) is 15.9 Å². The number of aryl methyl sites for hydroxylation is 2. The van der Waals surface area contributed by atoms with Crippen LogP contribution in [0.3, 0.4) is 0 Å². The molecule has 0 saturated carbocycles. The van der Waals surface area contributed by atoms with Crippen molar-refractivity contribution >= 4 is 40.0 Å². The lowest BCUT2D eigenvalue weighted by atomic mass is 10.1. The standard InChI is InChI=1S/C21H20N4OS2/c1-4-17-23-24-21(28-17)18-19(26)16(27-20(18)22)11-14-10-12(2)25(13(14)3)15-8-6-5-7-9-15/h5-11,18,22H,4H2,1-3H3. The molecule has 0 bridgehead atoms. The van der Waals surface area contributed by atoms with Crippen LogP contribution < -0.4 is 0 Å². The average Bonchev–Trinajstić information content (AvgIpc) is 3.33. The second kappa shape index (κ2) is 7.48. The maximum Gasteiger partial charge on any atom is 0.186 e. The van der Waals surface area contributed by atoms with Crippen LogP contribution in [0.5, 0.6) is 0 Å². The van der Waals surface area contributed by atoms with Crippen LogP contribution in [0, 0.1) is 19.3 Å². The lowest BCUT2D eigenvalue weighted by Crippen LogP contribution is -2.11. The van der Waals surface area contributed by atoms with E-state index in [4.69, 9.17) is 5.41 Å². The Hall–Kier alpha value is -2.51. The fourth-order valence-corrected chi connectivity index (χ4v) is 5.33. The molecule has 0 radical (unpaired) electrons. The zero-order valence-corrected chi connectivity index (χ0v) is 17.5. The molecular formula is C21H20N4OS2. The fraction of sp³-hybridized carbons (Fsp3) is 0.238. The van der Waals surface area contributed by atoms with Gasteiger partial charge in [0.05, 0.1) is 9.95 Å². The Kier molecular flexibility index (Phi) is 5.03. The molecule has 1 aliphatic rings. The van der Waals surface area contributed by atoms with E-state index in [9.17, 15) is 4.79 Å². The van der Waals surface area contributed by atoms with Crippen molar-refractivity contribution in [3.05, 3.63) is 68.3 Å². The molecule has 1 aromatic carbocycles. The van der Waals surface area contributed by atoms with Crippen molar-refractivity contribution in [2.75, 3.05) is 0 Å². The predicted molar refractivity (Wildman–Crippen MR) is 116 cm³/mol. The lowest BCUT2D eigenvalue weighted by molar-refractivity contribution is -0.114. The number of allylic oxidation sites excluding steroid dienone is 1. The Morgan fingerprint density at radius 1 is 1.21 bits per heavy atom. The van der Waals surface area contributed by atoms with Crippen LogP contribution in [0.4, 0.5) is 0 Å². The highest BCUT2D eigenvalue weighted by Gasteiger charge is 2.39. The van der Waals surface area contributed by atoms with Crippen molar-refractivity contribution in [2.45, 2.75) is 33.1 Å². The molecule has 0 amide bonds. The Bertz CT molecular complexity index is 1100. The SMILES string of the molecule is CCc1nnc(C2C(=N)SC(=Cc3cc(C)n(-c4ccccc4)c3C)C2=O)s1. The first-order valence-electron chi connectivity index (χ1n) is 9.08. The smallest absolute Gasteiger partial charge is 0.186 e. The van der Waals surface area contributed by atoms with Gasteiger partial charge >= 0.3 is 0 Å². The third kappa shape index (κ3) is 3.25. The fourth-order valence-electron chi connectivity index (χ4n) is 3.39. The summed E-state index contributed by atoms with van der Waals surface area (Å²) >= 11 is 2.66. The molecule has 4 rings (SSSR count). The van der Waals surface area contributed by atoms with Crippen LogP contribution >= 0.6 is 23.1 Å². The molecule has 2 aromatic heterocycles. The van der Waals surface area contributed by atoms with Gasteiger partial charge in [-0.05, 0) is 50.1 Å². The first-order chi connectivity index (χ1) is 13.5. The zero-order valence-electron chi connectivity index (χ0n) is 15.9. The normalized spacial score (nSPS) is 18.4. The summed E-state index contributed by atoms with van der Waals surface area (Å²) in [6, 6.07) is 12.2. The first kappa shape index (κ1) is 18.8. The zero-order chi connectivity index (χ0) is 19.8. The minimum absolute atomic E-state index is 0.0571. The molecule has 3 aromatic rings. The molecule has 5 nitrogen and oxygen atoms in total. The van der Waals surface area contributed by atoms with E-state index in [0.717, 1.165) is 34.1 Å². The minimum Gasteiger partial charge on any atom is -0.318 e. The van der Waals surface area contributed by atoms with Gasteiger partial charge in [0, 0.05) is 17.1 Å². The average molecular weight is 409 g/mol. The summed E-state index contributed by atoms with van der Waals surface area (Å²) in [6.07, 6.45) is 2.69. The Balaban J connectivity index is 1.69. The van der Waals surface area contributed by atoms with E-state index in [0.29, 0.717) is 15.0 Å². The summed E-state index contributed by atoms with van der Waals surface area (Å²) in [7, 11) is 0. The van der Waals surface area contributed by atoms with Gasteiger partial charge in [-0.1, -0.05) is 36.9 Å². The number of para-hydroxylation sites is 1. The molecule has 1 N–H and O–H groups in total. The molecule has 0 aliphatic carbocycles. The van der Waals surface area contributed by atoms with E-state index >= 15 is 0 Å². The first-order valence-corrected chi connectivity index (χ1v) is 10.7. The van der Waals surface area contributed by atoms with Crippen molar-refractivity contribution in [1.82, 2.24) is 14.8 Å². The molecule has 3 heterocycles. The molecule has 7 heteroatoms. The van der Waals surface area contributed by atoms with Crippen molar-refractivity contribution in [3.63, 3.8) is 0 Å². The van der Waals surface area contributed by atoms with E-state index in [1.807, 2.05) is 31.2 Å².